The molecule has 1 N–H and O–H groups in total. The third kappa shape index (κ3) is 4.68. The van der Waals surface area contributed by atoms with Gasteiger partial charge in [-0.25, -0.2) is 9.18 Å². The second-order valence-electron chi connectivity index (χ2n) is 8.05. The average Bonchev–Trinajstić information content (AvgIpc) is 3.31. The van der Waals surface area contributed by atoms with E-state index in [2.05, 4.69) is 43.9 Å². The van der Waals surface area contributed by atoms with Crippen molar-refractivity contribution in [3.05, 3.63) is 83.9 Å². The van der Waals surface area contributed by atoms with Crippen molar-refractivity contribution in [3.63, 3.8) is 0 Å². The van der Waals surface area contributed by atoms with Crippen LogP contribution < -0.4 is 5.32 Å². The predicted octanol–water partition coefficient (Wildman–Crippen LogP) is 2.98. The molecular weight excluding hydrogens is 421 g/mol. The zero-order chi connectivity index (χ0) is 22.6. The summed E-state index contributed by atoms with van der Waals surface area (Å²) < 4.78 is 15.1. The van der Waals surface area contributed by atoms with Crippen molar-refractivity contribution < 1.29 is 9.18 Å². The number of piperazine rings is 1. The average molecular weight is 446 g/mol. The molecule has 2 amide bonds. The van der Waals surface area contributed by atoms with E-state index in [-0.39, 0.29) is 11.8 Å². The maximum absolute atomic E-state index is 13.6. The monoisotopic (exact) mass is 445 g/mol. The maximum atomic E-state index is 13.6. The van der Waals surface area contributed by atoms with E-state index in [1.807, 2.05) is 29.2 Å². The summed E-state index contributed by atoms with van der Waals surface area (Å²) in [7, 11) is 0. The first-order valence-corrected chi connectivity index (χ1v) is 10.9. The van der Waals surface area contributed by atoms with Crippen LogP contribution in [0.25, 0.3) is 16.5 Å². The van der Waals surface area contributed by atoms with Gasteiger partial charge in [-0.05, 0) is 45.0 Å². The lowest BCUT2D eigenvalue weighted by Crippen LogP contribution is -2.51. The van der Waals surface area contributed by atoms with E-state index in [1.165, 1.54) is 17.5 Å². The molecule has 1 aromatic heterocycles. The summed E-state index contributed by atoms with van der Waals surface area (Å²) in [5.41, 5.74) is 1.69. The van der Waals surface area contributed by atoms with E-state index in [4.69, 9.17) is 0 Å². The summed E-state index contributed by atoms with van der Waals surface area (Å²) in [5.74, 6) is 0.298. The molecule has 9 heteroatoms. The Morgan fingerprint density at radius 3 is 2.61 bits per heavy atom. The lowest BCUT2D eigenvalue weighted by Gasteiger charge is -2.34. The van der Waals surface area contributed by atoms with Crippen molar-refractivity contribution in [1.29, 1.82) is 0 Å². The molecule has 1 fully saturated rings. The first kappa shape index (κ1) is 21.0. The van der Waals surface area contributed by atoms with Crippen LogP contribution in [-0.2, 0) is 13.1 Å². The molecule has 1 aliphatic rings. The van der Waals surface area contributed by atoms with Crippen molar-refractivity contribution in [2.75, 3.05) is 26.2 Å². The van der Waals surface area contributed by atoms with E-state index in [0.717, 1.165) is 10.9 Å². The fraction of sp³-hybridized carbons (Fsp3) is 0.250. The highest BCUT2D eigenvalue weighted by molar-refractivity contribution is 5.86. The molecule has 0 bridgehead atoms. The number of hydrogen-bond donors (Lipinski definition) is 1. The van der Waals surface area contributed by atoms with Gasteiger partial charge in [0.15, 0.2) is 5.82 Å². The van der Waals surface area contributed by atoms with Gasteiger partial charge in [0, 0.05) is 32.7 Å². The fourth-order valence-corrected chi connectivity index (χ4v) is 4.15. The van der Waals surface area contributed by atoms with Crippen LogP contribution in [-0.4, -0.2) is 62.2 Å². The number of fused-ring (bicyclic) bond motifs is 1. The minimum Gasteiger partial charge on any atom is -0.334 e. The lowest BCUT2D eigenvalue weighted by atomic mass is 10.0. The molecule has 0 saturated carbocycles. The van der Waals surface area contributed by atoms with Gasteiger partial charge in [-0.2, -0.15) is 4.68 Å². The van der Waals surface area contributed by atoms with Crippen LogP contribution in [0, 0.1) is 5.82 Å². The van der Waals surface area contributed by atoms with E-state index in [0.29, 0.717) is 50.8 Å². The molecular formula is C24H24FN7O. The maximum Gasteiger partial charge on any atom is 0.317 e. The molecule has 1 saturated heterocycles. The summed E-state index contributed by atoms with van der Waals surface area (Å²) in [5, 5.41) is 17.2. The highest BCUT2D eigenvalue weighted by atomic mass is 19.1. The molecule has 3 aromatic carbocycles. The van der Waals surface area contributed by atoms with E-state index in [9.17, 15) is 9.18 Å². The molecule has 1 aliphatic heterocycles. The Kier molecular flexibility index (Phi) is 5.95. The standard InChI is InChI=1S/C24H24FN7O/c25-20-8-4-9-21(15-20)32-23(27-28-29-32)17-30-11-13-31(14-12-30)24(33)26-16-19-7-3-6-18-5-1-2-10-22(18)19/h1-10,15H,11-14,16-17H2,(H,26,33). The fourth-order valence-electron chi connectivity index (χ4n) is 4.15. The Hall–Kier alpha value is -3.85. The summed E-state index contributed by atoms with van der Waals surface area (Å²) in [4.78, 5) is 16.7. The van der Waals surface area contributed by atoms with Crippen LogP contribution in [0.4, 0.5) is 9.18 Å². The molecule has 168 valence electrons. The number of nitrogens with one attached hydrogen (secondary N) is 1. The first-order valence-electron chi connectivity index (χ1n) is 10.9. The Balaban J connectivity index is 1.16. The van der Waals surface area contributed by atoms with Gasteiger partial charge in [0.25, 0.3) is 0 Å². The third-order valence-corrected chi connectivity index (χ3v) is 5.92. The second kappa shape index (κ2) is 9.33. The minimum atomic E-state index is -0.336. The van der Waals surface area contributed by atoms with Crippen LogP contribution in [0.2, 0.25) is 0 Å². The van der Waals surface area contributed by atoms with E-state index in [1.54, 1.807) is 16.8 Å². The molecule has 5 rings (SSSR count). The number of halogens is 1. The number of carbonyl (C=O) groups is 1. The Morgan fingerprint density at radius 2 is 1.76 bits per heavy atom. The Morgan fingerprint density at radius 1 is 0.970 bits per heavy atom. The molecule has 0 spiro atoms. The smallest absolute Gasteiger partial charge is 0.317 e. The predicted molar refractivity (Wildman–Crippen MR) is 122 cm³/mol. The topological polar surface area (TPSA) is 79.2 Å². The normalized spacial score (nSPS) is 14.5. The molecule has 0 radical (unpaired) electrons. The van der Waals surface area contributed by atoms with Crippen molar-refractivity contribution in [3.8, 4) is 5.69 Å². The van der Waals surface area contributed by atoms with Gasteiger partial charge in [0.1, 0.15) is 5.82 Å². The van der Waals surface area contributed by atoms with E-state index < -0.39 is 0 Å². The molecule has 4 aromatic rings. The second-order valence-corrected chi connectivity index (χ2v) is 8.05. The summed E-state index contributed by atoms with van der Waals surface area (Å²) in [6.45, 7) is 3.65. The first-order chi connectivity index (χ1) is 16.2. The lowest BCUT2D eigenvalue weighted by molar-refractivity contribution is 0.133. The molecule has 2 heterocycles. The van der Waals surface area contributed by atoms with Crippen molar-refractivity contribution in [1.82, 2.24) is 35.3 Å². The van der Waals surface area contributed by atoms with E-state index >= 15 is 0 Å². The number of carbonyl (C=O) groups excluding carboxylic acids is 1. The van der Waals surface area contributed by atoms with Crippen LogP contribution in [0.3, 0.4) is 0 Å². The summed E-state index contributed by atoms with van der Waals surface area (Å²) in [6, 6.07) is 20.4. The highest BCUT2D eigenvalue weighted by Crippen LogP contribution is 2.18. The quantitative estimate of drug-likeness (QED) is 0.511. The molecule has 0 aliphatic carbocycles. The van der Waals surface area contributed by atoms with Gasteiger partial charge < -0.3 is 10.2 Å². The third-order valence-electron chi connectivity index (χ3n) is 5.92. The van der Waals surface area contributed by atoms with Gasteiger partial charge in [0.2, 0.25) is 0 Å². The molecule has 0 atom stereocenters. The van der Waals surface area contributed by atoms with Gasteiger partial charge in [-0.1, -0.05) is 48.5 Å². The van der Waals surface area contributed by atoms with Gasteiger partial charge in [-0.3, -0.25) is 4.90 Å². The highest BCUT2D eigenvalue weighted by Gasteiger charge is 2.23. The summed E-state index contributed by atoms with van der Waals surface area (Å²) in [6.07, 6.45) is 0. The Bertz CT molecular complexity index is 1260. The number of benzene rings is 3. The number of amides is 2. The van der Waals surface area contributed by atoms with Gasteiger partial charge >= 0.3 is 6.03 Å². The molecule has 0 unspecified atom stereocenters. The number of hydrogen-bond acceptors (Lipinski definition) is 5. The SMILES string of the molecule is O=C(NCc1cccc2ccccc12)N1CCN(Cc2nnnn2-c2cccc(F)c2)CC1. The number of tetrazole rings is 1. The van der Waals surface area contributed by atoms with Gasteiger partial charge in [0.05, 0.1) is 12.2 Å². The van der Waals surface area contributed by atoms with Crippen LogP contribution in [0.1, 0.15) is 11.4 Å². The number of nitrogens with zero attached hydrogens (tertiary/aromatic N) is 6. The van der Waals surface area contributed by atoms with Crippen LogP contribution >= 0.6 is 0 Å². The zero-order valence-corrected chi connectivity index (χ0v) is 18.1. The number of rotatable bonds is 5. The number of aromatic nitrogens is 4. The van der Waals surface area contributed by atoms with Crippen molar-refractivity contribution >= 4 is 16.8 Å². The number of urea groups is 1. The van der Waals surface area contributed by atoms with Crippen molar-refractivity contribution in [2.24, 2.45) is 0 Å². The van der Waals surface area contributed by atoms with Crippen LogP contribution in [0.15, 0.2) is 66.7 Å². The van der Waals surface area contributed by atoms with Crippen LogP contribution in [0.5, 0.6) is 0 Å². The largest absolute Gasteiger partial charge is 0.334 e. The molecule has 8 nitrogen and oxygen atoms in total. The van der Waals surface area contributed by atoms with Gasteiger partial charge in [-0.15, -0.1) is 5.10 Å². The molecule has 33 heavy (non-hydrogen) atoms. The van der Waals surface area contributed by atoms with Crippen molar-refractivity contribution in [2.45, 2.75) is 13.1 Å². The summed E-state index contributed by atoms with van der Waals surface area (Å²) >= 11 is 0. The zero-order valence-electron chi connectivity index (χ0n) is 18.1. The Labute approximate surface area is 190 Å². The minimum absolute atomic E-state index is 0.0628.